The Kier molecular flexibility index (Phi) is 4.68. The van der Waals surface area contributed by atoms with Gasteiger partial charge in [0.2, 0.25) is 0 Å². The van der Waals surface area contributed by atoms with E-state index in [-0.39, 0.29) is 11.9 Å². The lowest BCUT2D eigenvalue weighted by Crippen LogP contribution is -2.30. The molecule has 1 amide bonds. The largest absolute Gasteiger partial charge is 0.486 e. The number of carbonyl (C=O) groups excluding carboxylic acids is 1. The summed E-state index contributed by atoms with van der Waals surface area (Å²) in [6.45, 7) is 1.85. The van der Waals surface area contributed by atoms with E-state index in [2.05, 4.69) is 0 Å². The van der Waals surface area contributed by atoms with Gasteiger partial charge in [0, 0.05) is 34.1 Å². The summed E-state index contributed by atoms with van der Waals surface area (Å²) < 4.78 is 22.8. The van der Waals surface area contributed by atoms with Crippen molar-refractivity contribution in [3.8, 4) is 11.5 Å². The summed E-state index contributed by atoms with van der Waals surface area (Å²) in [5, 5.41) is 0. The highest BCUT2D eigenvalue weighted by molar-refractivity contribution is 7.84. The summed E-state index contributed by atoms with van der Waals surface area (Å²) in [5.74, 6) is 1.53. The molecular weight excluding hydrogens is 350 g/mol. The van der Waals surface area contributed by atoms with Gasteiger partial charge in [-0.15, -0.1) is 0 Å². The number of hydrogen-bond donors (Lipinski definition) is 0. The number of fused-ring (bicyclic) bond motifs is 1. The topological polar surface area (TPSA) is 55.8 Å². The SMILES string of the molecule is C[S@](=O)c1ccc(C(=O)N2CCC[C@H]2c2ccc3c(c2)OCCO3)cc1. The molecule has 1 fully saturated rings. The van der Waals surface area contributed by atoms with E-state index in [4.69, 9.17) is 9.47 Å². The fraction of sp³-hybridized carbons (Fsp3) is 0.350. The first kappa shape index (κ1) is 17.1. The quantitative estimate of drug-likeness (QED) is 0.832. The Morgan fingerprint density at radius 1 is 1.08 bits per heavy atom. The molecule has 0 aliphatic carbocycles. The Bertz CT molecular complexity index is 849. The van der Waals surface area contributed by atoms with E-state index >= 15 is 0 Å². The molecule has 0 bridgehead atoms. The Labute approximate surface area is 155 Å². The van der Waals surface area contributed by atoms with Crippen LogP contribution in [0.1, 0.15) is 34.8 Å². The van der Waals surface area contributed by atoms with Gasteiger partial charge in [-0.05, 0) is 54.8 Å². The highest BCUT2D eigenvalue weighted by Crippen LogP contribution is 2.38. The monoisotopic (exact) mass is 371 g/mol. The Balaban J connectivity index is 1.58. The van der Waals surface area contributed by atoms with Crippen LogP contribution >= 0.6 is 0 Å². The van der Waals surface area contributed by atoms with Crippen LogP contribution in [0.5, 0.6) is 11.5 Å². The summed E-state index contributed by atoms with van der Waals surface area (Å²) in [4.78, 5) is 15.6. The minimum absolute atomic E-state index is 0.0100. The van der Waals surface area contributed by atoms with Crippen LogP contribution in [0.3, 0.4) is 0 Å². The van der Waals surface area contributed by atoms with Crippen molar-refractivity contribution < 1.29 is 18.5 Å². The van der Waals surface area contributed by atoms with Crippen LogP contribution in [-0.4, -0.2) is 41.0 Å². The van der Waals surface area contributed by atoms with Gasteiger partial charge in [0.25, 0.3) is 5.91 Å². The highest BCUT2D eigenvalue weighted by Gasteiger charge is 2.31. The summed E-state index contributed by atoms with van der Waals surface area (Å²) >= 11 is 0. The molecule has 0 saturated carbocycles. The molecule has 2 aromatic rings. The second kappa shape index (κ2) is 7.11. The van der Waals surface area contributed by atoms with Crippen molar-refractivity contribution >= 4 is 16.7 Å². The average Bonchev–Trinajstić information content (AvgIpc) is 3.17. The van der Waals surface area contributed by atoms with Gasteiger partial charge >= 0.3 is 0 Å². The molecule has 0 N–H and O–H groups in total. The lowest BCUT2D eigenvalue weighted by atomic mass is 10.0. The second-order valence-corrected chi connectivity index (χ2v) is 7.92. The van der Waals surface area contributed by atoms with Gasteiger partial charge in [-0.3, -0.25) is 9.00 Å². The molecule has 2 aliphatic heterocycles. The maximum atomic E-state index is 13.0. The number of benzene rings is 2. The van der Waals surface area contributed by atoms with Crippen LogP contribution < -0.4 is 9.47 Å². The molecule has 2 atom stereocenters. The van der Waals surface area contributed by atoms with Gasteiger partial charge in [0.05, 0.1) is 6.04 Å². The molecule has 2 aliphatic rings. The maximum absolute atomic E-state index is 13.0. The number of amides is 1. The lowest BCUT2D eigenvalue weighted by Gasteiger charge is -2.27. The molecule has 2 aromatic carbocycles. The summed E-state index contributed by atoms with van der Waals surface area (Å²) in [5.41, 5.74) is 1.70. The zero-order valence-corrected chi connectivity index (χ0v) is 15.5. The molecule has 5 nitrogen and oxygen atoms in total. The number of nitrogens with zero attached hydrogens (tertiary/aromatic N) is 1. The summed E-state index contributed by atoms with van der Waals surface area (Å²) in [6.07, 6.45) is 3.54. The molecular formula is C20H21NO4S. The Morgan fingerprint density at radius 2 is 1.81 bits per heavy atom. The third kappa shape index (κ3) is 3.21. The van der Waals surface area contributed by atoms with Gasteiger partial charge in [0.1, 0.15) is 13.2 Å². The molecule has 1 saturated heterocycles. The zero-order chi connectivity index (χ0) is 18.1. The zero-order valence-electron chi connectivity index (χ0n) is 14.6. The fourth-order valence-electron chi connectivity index (χ4n) is 3.58. The highest BCUT2D eigenvalue weighted by atomic mass is 32.2. The molecule has 0 aromatic heterocycles. The molecule has 6 heteroatoms. The van der Waals surface area contributed by atoms with E-state index in [9.17, 15) is 9.00 Å². The van der Waals surface area contributed by atoms with Gasteiger partial charge in [-0.2, -0.15) is 0 Å². The summed E-state index contributed by atoms with van der Waals surface area (Å²) in [6, 6.07) is 13.0. The van der Waals surface area contributed by atoms with Crippen LogP contribution in [0.4, 0.5) is 0 Å². The van der Waals surface area contributed by atoms with Crippen molar-refractivity contribution in [1.29, 1.82) is 0 Å². The maximum Gasteiger partial charge on any atom is 0.254 e. The van der Waals surface area contributed by atoms with Crippen LogP contribution in [0.15, 0.2) is 47.4 Å². The van der Waals surface area contributed by atoms with E-state index in [0.29, 0.717) is 18.8 Å². The van der Waals surface area contributed by atoms with E-state index in [1.54, 1.807) is 30.5 Å². The minimum Gasteiger partial charge on any atom is -0.486 e. The predicted octanol–water partition coefficient (Wildman–Crippen LogP) is 3.17. The molecule has 4 rings (SSSR count). The Morgan fingerprint density at radius 3 is 2.54 bits per heavy atom. The van der Waals surface area contributed by atoms with Crippen molar-refractivity contribution in [2.24, 2.45) is 0 Å². The summed E-state index contributed by atoms with van der Waals surface area (Å²) in [7, 11) is -1.04. The normalized spacial score (nSPS) is 20.0. The molecule has 2 heterocycles. The van der Waals surface area contributed by atoms with Crippen molar-refractivity contribution in [3.05, 3.63) is 53.6 Å². The fourth-order valence-corrected chi connectivity index (χ4v) is 4.10. The van der Waals surface area contributed by atoms with Gasteiger partial charge in [-0.25, -0.2) is 0 Å². The number of likely N-dealkylation sites (tertiary alicyclic amines) is 1. The third-order valence-corrected chi connectivity index (χ3v) is 5.83. The minimum atomic E-state index is -1.04. The average molecular weight is 371 g/mol. The molecule has 0 spiro atoms. The predicted molar refractivity (Wildman–Crippen MR) is 99.2 cm³/mol. The smallest absolute Gasteiger partial charge is 0.254 e. The third-order valence-electron chi connectivity index (χ3n) is 4.90. The first-order valence-corrected chi connectivity index (χ1v) is 10.3. The van der Waals surface area contributed by atoms with Crippen molar-refractivity contribution in [3.63, 3.8) is 0 Å². The van der Waals surface area contributed by atoms with Crippen molar-refractivity contribution in [2.45, 2.75) is 23.8 Å². The number of hydrogen-bond acceptors (Lipinski definition) is 4. The molecule has 26 heavy (non-hydrogen) atoms. The van der Waals surface area contributed by atoms with Crippen molar-refractivity contribution in [1.82, 2.24) is 4.90 Å². The lowest BCUT2D eigenvalue weighted by molar-refractivity contribution is 0.0735. The van der Waals surface area contributed by atoms with Crippen LogP contribution in [0, 0.1) is 0 Å². The van der Waals surface area contributed by atoms with E-state index in [0.717, 1.165) is 41.3 Å². The Hall–Kier alpha value is -2.34. The van der Waals surface area contributed by atoms with Gasteiger partial charge in [0.15, 0.2) is 11.5 Å². The van der Waals surface area contributed by atoms with Gasteiger partial charge < -0.3 is 14.4 Å². The van der Waals surface area contributed by atoms with E-state index in [1.165, 1.54) is 0 Å². The molecule has 0 unspecified atom stereocenters. The number of rotatable bonds is 3. The van der Waals surface area contributed by atoms with E-state index < -0.39 is 10.8 Å². The van der Waals surface area contributed by atoms with Crippen LogP contribution in [0.25, 0.3) is 0 Å². The number of ether oxygens (including phenoxy) is 2. The van der Waals surface area contributed by atoms with Crippen LogP contribution in [0.2, 0.25) is 0 Å². The van der Waals surface area contributed by atoms with Crippen molar-refractivity contribution in [2.75, 3.05) is 26.0 Å². The first-order valence-electron chi connectivity index (χ1n) is 8.77. The first-order chi connectivity index (χ1) is 12.6. The van der Waals surface area contributed by atoms with Gasteiger partial charge in [-0.1, -0.05) is 6.07 Å². The number of carbonyl (C=O) groups is 1. The second-order valence-electron chi connectivity index (χ2n) is 6.54. The van der Waals surface area contributed by atoms with Crippen LogP contribution in [-0.2, 0) is 10.8 Å². The van der Waals surface area contributed by atoms with E-state index in [1.807, 2.05) is 23.1 Å². The standard InChI is InChI=1S/C20H21NO4S/c1-26(23)16-7-4-14(5-8-16)20(22)21-10-2-3-17(21)15-6-9-18-19(13-15)25-12-11-24-18/h4-9,13,17H,2-3,10-12H2,1H3/t17-,26-/m0/s1. The molecule has 136 valence electrons. The molecule has 0 radical (unpaired) electrons.